The molecule has 4 atom stereocenters. The summed E-state index contributed by atoms with van der Waals surface area (Å²) in [6.07, 6.45) is -5.73. The van der Waals surface area contributed by atoms with E-state index in [9.17, 15) is 15.3 Å². The number of hydrogen-bond acceptors (Lipinski definition) is 9. The molecular formula is C6H12O9. The van der Waals surface area contributed by atoms with Crippen molar-refractivity contribution in [3.63, 3.8) is 0 Å². The van der Waals surface area contributed by atoms with Crippen LogP contribution in [0, 0.1) is 0 Å². The Morgan fingerprint density at radius 2 is 1.73 bits per heavy atom. The molecule has 0 aromatic heterocycles. The van der Waals surface area contributed by atoms with E-state index in [-0.39, 0.29) is 0 Å². The number of aliphatic hydroxyl groups is 6. The van der Waals surface area contributed by atoms with E-state index in [1.807, 2.05) is 0 Å². The lowest BCUT2D eigenvalue weighted by Crippen LogP contribution is -2.73. The van der Waals surface area contributed by atoms with E-state index in [0.29, 0.717) is 0 Å². The van der Waals surface area contributed by atoms with Crippen molar-refractivity contribution in [3.05, 3.63) is 0 Å². The van der Waals surface area contributed by atoms with Gasteiger partial charge in [0.2, 0.25) is 0 Å². The van der Waals surface area contributed by atoms with Gasteiger partial charge < -0.3 is 35.4 Å². The lowest BCUT2D eigenvalue weighted by molar-refractivity contribution is -0.584. The minimum atomic E-state index is -3.45. The zero-order chi connectivity index (χ0) is 11.9. The van der Waals surface area contributed by atoms with Crippen LogP contribution in [-0.4, -0.2) is 72.6 Å². The number of aliphatic hydroxyl groups excluding tert-OH is 3. The van der Waals surface area contributed by atoms with Crippen molar-refractivity contribution < 1.29 is 45.5 Å². The molecule has 0 unspecified atom stereocenters. The van der Waals surface area contributed by atoms with E-state index < -0.39 is 36.7 Å². The molecule has 0 aromatic rings. The van der Waals surface area contributed by atoms with Gasteiger partial charge in [-0.1, -0.05) is 0 Å². The molecule has 0 spiro atoms. The predicted octanol–water partition coefficient (Wildman–Crippen LogP) is -4.08. The molecule has 0 aromatic carbocycles. The van der Waals surface area contributed by atoms with Crippen LogP contribution >= 0.6 is 0 Å². The molecule has 0 aliphatic carbocycles. The van der Waals surface area contributed by atoms with Gasteiger partial charge in [0.25, 0.3) is 5.79 Å². The van der Waals surface area contributed by atoms with Crippen LogP contribution in [0.3, 0.4) is 0 Å². The van der Waals surface area contributed by atoms with Crippen molar-refractivity contribution >= 4 is 0 Å². The number of ether oxygens (including phenoxy) is 1. The van der Waals surface area contributed by atoms with Crippen molar-refractivity contribution in [2.24, 2.45) is 0 Å². The number of hydrogen-bond donors (Lipinski definition) is 7. The third-order valence-corrected chi connectivity index (χ3v) is 2.20. The lowest BCUT2D eigenvalue weighted by Gasteiger charge is -2.47. The molecule has 1 aliphatic rings. The van der Waals surface area contributed by atoms with Gasteiger partial charge in [-0.3, -0.25) is 0 Å². The first-order valence-electron chi connectivity index (χ1n) is 3.94. The standard InChI is InChI=1S/C6H12O9/c7-1-2-3(8)4(9)5(10,11)6(12,14-2)15-13/h2-4,7-13H,1H2/t2-,3-,4+,6+/m1/s1. The SMILES string of the molecule is OC[C@H]1O[C@](O)(OO)C(O)(O)[C@@H](O)[C@@H]1O. The predicted molar refractivity (Wildman–Crippen MR) is 39.8 cm³/mol. The first-order chi connectivity index (χ1) is 6.80. The van der Waals surface area contributed by atoms with Crippen molar-refractivity contribution in [2.45, 2.75) is 30.1 Å². The summed E-state index contributed by atoms with van der Waals surface area (Å²) >= 11 is 0. The Morgan fingerprint density at radius 1 is 1.20 bits per heavy atom. The maximum absolute atomic E-state index is 9.22. The smallest absolute Gasteiger partial charge is 0.368 e. The van der Waals surface area contributed by atoms with Crippen molar-refractivity contribution in [1.82, 2.24) is 0 Å². The zero-order valence-electron chi connectivity index (χ0n) is 7.39. The molecule has 15 heavy (non-hydrogen) atoms. The average molecular weight is 228 g/mol. The van der Waals surface area contributed by atoms with Gasteiger partial charge in [-0.2, -0.15) is 4.89 Å². The maximum Gasteiger partial charge on any atom is 0.368 e. The molecule has 0 amide bonds. The summed E-state index contributed by atoms with van der Waals surface area (Å²) in [4.78, 5) is 3.30. The van der Waals surface area contributed by atoms with E-state index in [2.05, 4.69) is 9.62 Å². The van der Waals surface area contributed by atoms with Crippen LogP contribution in [0.15, 0.2) is 0 Å². The zero-order valence-corrected chi connectivity index (χ0v) is 7.39. The van der Waals surface area contributed by atoms with Crippen LogP contribution in [0.1, 0.15) is 0 Å². The van der Waals surface area contributed by atoms with Crippen LogP contribution < -0.4 is 0 Å². The Balaban J connectivity index is 3.01. The van der Waals surface area contributed by atoms with E-state index in [4.69, 9.17) is 20.6 Å². The first-order valence-corrected chi connectivity index (χ1v) is 3.94. The van der Waals surface area contributed by atoms with Gasteiger partial charge in [0.05, 0.1) is 6.61 Å². The quantitative estimate of drug-likeness (QED) is 0.141. The molecule has 1 aliphatic heterocycles. The van der Waals surface area contributed by atoms with Crippen LogP contribution in [0.2, 0.25) is 0 Å². The summed E-state index contributed by atoms with van der Waals surface area (Å²) < 4.78 is 4.29. The Morgan fingerprint density at radius 3 is 2.13 bits per heavy atom. The third-order valence-electron chi connectivity index (χ3n) is 2.20. The number of rotatable bonds is 2. The van der Waals surface area contributed by atoms with Crippen molar-refractivity contribution in [3.8, 4) is 0 Å². The van der Waals surface area contributed by atoms with Gasteiger partial charge in [0.15, 0.2) is 0 Å². The first kappa shape index (κ1) is 12.7. The monoisotopic (exact) mass is 228 g/mol. The molecule has 0 saturated carbocycles. The lowest BCUT2D eigenvalue weighted by atomic mass is 9.94. The largest absolute Gasteiger partial charge is 0.394 e. The Bertz CT molecular complexity index is 231. The van der Waals surface area contributed by atoms with Crippen LogP contribution in [0.5, 0.6) is 0 Å². The minimum Gasteiger partial charge on any atom is -0.394 e. The molecule has 0 bridgehead atoms. The Labute approximate surface area is 83.3 Å². The fourth-order valence-corrected chi connectivity index (χ4v) is 1.22. The highest BCUT2D eigenvalue weighted by Crippen LogP contribution is 2.34. The molecule has 9 heteroatoms. The molecule has 90 valence electrons. The van der Waals surface area contributed by atoms with Crippen molar-refractivity contribution in [1.29, 1.82) is 0 Å². The Hall–Kier alpha value is -0.360. The van der Waals surface area contributed by atoms with Crippen LogP contribution in [-0.2, 0) is 9.62 Å². The molecular weight excluding hydrogens is 216 g/mol. The van der Waals surface area contributed by atoms with Gasteiger partial charge >= 0.3 is 5.97 Å². The maximum atomic E-state index is 9.22. The topological polar surface area (TPSA) is 160 Å². The highest BCUT2D eigenvalue weighted by atomic mass is 17.2. The third kappa shape index (κ3) is 1.73. The fraction of sp³-hybridized carbons (Fsp3) is 1.00. The second-order valence-corrected chi connectivity index (χ2v) is 3.17. The summed E-state index contributed by atoms with van der Waals surface area (Å²) in [5.41, 5.74) is 0. The van der Waals surface area contributed by atoms with E-state index in [0.717, 1.165) is 0 Å². The van der Waals surface area contributed by atoms with E-state index >= 15 is 0 Å². The summed E-state index contributed by atoms with van der Waals surface area (Å²) in [5.74, 6) is -6.81. The highest BCUT2D eigenvalue weighted by molar-refractivity contribution is 4.96. The van der Waals surface area contributed by atoms with Crippen LogP contribution in [0.25, 0.3) is 0 Å². The van der Waals surface area contributed by atoms with Gasteiger partial charge in [0, 0.05) is 0 Å². The van der Waals surface area contributed by atoms with E-state index in [1.165, 1.54) is 0 Å². The molecule has 9 nitrogen and oxygen atoms in total. The highest BCUT2D eigenvalue weighted by Gasteiger charge is 2.65. The second-order valence-electron chi connectivity index (χ2n) is 3.17. The average Bonchev–Trinajstić information content (AvgIpc) is 2.21. The normalized spacial score (nSPS) is 45.4. The van der Waals surface area contributed by atoms with Gasteiger partial charge in [-0.25, -0.2) is 5.26 Å². The summed E-state index contributed by atoms with van der Waals surface area (Å²) in [5, 5.41) is 62.8. The molecule has 1 heterocycles. The molecule has 1 saturated heterocycles. The summed E-state index contributed by atoms with van der Waals surface area (Å²) in [7, 11) is 0. The van der Waals surface area contributed by atoms with Crippen LogP contribution in [0.4, 0.5) is 0 Å². The van der Waals surface area contributed by atoms with E-state index in [1.54, 1.807) is 0 Å². The minimum absolute atomic E-state index is 0.847. The second kappa shape index (κ2) is 3.90. The molecule has 7 N–H and O–H groups in total. The Kier molecular flexibility index (Phi) is 3.30. The molecule has 1 rings (SSSR count). The van der Waals surface area contributed by atoms with Gasteiger partial charge in [-0.15, -0.1) is 0 Å². The molecule has 0 radical (unpaired) electrons. The van der Waals surface area contributed by atoms with Gasteiger partial charge in [0.1, 0.15) is 18.3 Å². The fourth-order valence-electron chi connectivity index (χ4n) is 1.22. The summed E-state index contributed by atoms with van der Waals surface area (Å²) in [6.45, 7) is -0.847. The van der Waals surface area contributed by atoms with Crippen molar-refractivity contribution in [2.75, 3.05) is 6.61 Å². The summed E-state index contributed by atoms with van der Waals surface area (Å²) in [6, 6.07) is 0. The molecule has 1 fully saturated rings. The van der Waals surface area contributed by atoms with Gasteiger partial charge in [-0.05, 0) is 0 Å².